The first-order valence-electron chi connectivity index (χ1n) is 7.13. The zero-order valence-corrected chi connectivity index (χ0v) is 12.3. The largest absolute Gasteiger partial charge is 0.436 e. The molecule has 0 aliphatic carbocycles. The Morgan fingerprint density at radius 3 is 2.73 bits per heavy atom. The van der Waals surface area contributed by atoms with Crippen LogP contribution in [0.5, 0.6) is 0 Å². The van der Waals surface area contributed by atoms with Crippen molar-refractivity contribution < 1.29 is 4.42 Å². The molecule has 0 saturated carbocycles. The van der Waals surface area contributed by atoms with Gasteiger partial charge in [-0.2, -0.15) is 4.68 Å². The Morgan fingerprint density at radius 2 is 1.86 bits per heavy atom. The summed E-state index contributed by atoms with van der Waals surface area (Å²) in [6, 6.07) is 15.3. The highest BCUT2D eigenvalue weighted by Gasteiger charge is 2.20. The third-order valence-electron chi connectivity index (χ3n) is 4.07. The average molecular weight is 290 g/mol. The Hall–Kier alpha value is -2.88. The van der Waals surface area contributed by atoms with E-state index in [4.69, 9.17) is 4.42 Å². The van der Waals surface area contributed by atoms with Gasteiger partial charge in [0.15, 0.2) is 0 Å². The fraction of sp³-hybridized carbons (Fsp3) is 0.111. The molecule has 0 atom stereocenters. The van der Waals surface area contributed by atoms with Crippen molar-refractivity contribution in [3.63, 3.8) is 0 Å². The Bertz CT molecular complexity index is 1030. The van der Waals surface area contributed by atoms with E-state index < -0.39 is 0 Å². The van der Waals surface area contributed by atoms with Crippen LogP contribution >= 0.6 is 0 Å². The van der Waals surface area contributed by atoms with Crippen LogP contribution in [0.3, 0.4) is 0 Å². The first-order chi connectivity index (χ1) is 10.6. The molecule has 2 aliphatic rings. The summed E-state index contributed by atoms with van der Waals surface area (Å²) >= 11 is 0. The molecule has 0 N–H and O–H groups in total. The first-order valence-corrected chi connectivity index (χ1v) is 7.13. The topological polar surface area (TPSA) is 48.0 Å². The van der Waals surface area contributed by atoms with E-state index in [1.54, 1.807) is 0 Å². The van der Waals surface area contributed by atoms with Gasteiger partial charge in [0.05, 0.1) is 5.69 Å². The van der Waals surface area contributed by atoms with Crippen molar-refractivity contribution in [2.45, 2.75) is 13.8 Å². The minimum absolute atomic E-state index is 0.154. The smallest absolute Gasteiger partial charge is 0.284 e. The number of nitrogens with zero attached hydrogens (tertiary/aromatic N) is 2. The maximum absolute atomic E-state index is 12.7. The van der Waals surface area contributed by atoms with Crippen LogP contribution in [0.25, 0.3) is 28.1 Å². The van der Waals surface area contributed by atoms with Crippen molar-refractivity contribution >= 4 is 11.0 Å². The number of fused-ring (bicyclic) bond motifs is 2. The molecule has 2 aromatic rings. The number of hydrogen-bond acceptors (Lipinski definition) is 3. The van der Waals surface area contributed by atoms with E-state index in [9.17, 15) is 4.79 Å². The molecule has 0 radical (unpaired) electrons. The van der Waals surface area contributed by atoms with Gasteiger partial charge in [0.25, 0.3) is 5.56 Å². The van der Waals surface area contributed by atoms with E-state index in [0.717, 1.165) is 27.8 Å². The minimum atomic E-state index is -0.154. The van der Waals surface area contributed by atoms with Gasteiger partial charge >= 0.3 is 0 Å². The number of para-hydroxylation sites is 1. The SMILES string of the molecule is Cc1cccc(-n2nc3oc4ccccc4cc-3c2=O)c1C. The van der Waals surface area contributed by atoms with Crippen molar-refractivity contribution in [1.82, 2.24) is 9.78 Å². The lowest BCUT2D eigenvalue weighted by molar-refractivity contribution is 0.591. The zero-order valence-electron chi connectivity index (χ0n) is 12.3. The van der Waals surface area contributed by atoms with Gasteiger partial charge < -0.3 is 4.42 Å². The first kappa shape index (κ1) is 12.8. The lowest BCUT2D eigenvalue weighted by Gasteiger charge is -2.06. The van der Waals surface area contributed by atoms with Gasteiger partial charge in [-0.15, -0.1) is 5.10 Å². The second-order valence-corrected chi connectivity index (χ2v) is 5.44. The molecule has 0 fully saturated rings. The molecule has 2 aliphatic heterocycles. The third-order valence-corrected chi connectivity index (χ3v) is 4.07. The van der Waals surface area contributed by atoms with Gasteiger partial charge in [0.1, 0.15) is 11.1 Å². The summed E-state index contributed by atoms with van der Waals surface area (Å²) in [5.41, 5.74) is 4.02. The monoisotopic (exact) mass is 290 g/mol. The van der Waals surface area contributed by atoms with Crippen LogP contribution in [0.2, 0.25) is 0 Å². The van der Waals surface area contributed by atoms with Crippen molar-refractivity contribution in [2.24, 2.45) is 0 Å². The van der Waals surface area contributed by atoms with E-state index in [0.29, 0.717) is 11.5 Å². The highest BCUT2D eigenvalue weighted by atomic mass is 16.3. The summed E-state index contributed by atoms with van der Waals surface area (Å²) in [4.78, 5) is 12.7. The molecule has 0 unspecified atom stereocenters. The van der Waals surface area contributed by atoms with Gasteiger partial charge in [-0.25, -0.2) is 0 Å². The fourth-order valence-corrected chi connectivity index (χ4v) is 2.68. The summed E-state index contributed by atoms with van der Waals surface area (Å²) in [5, 5.41) is 5.27. The average Bonchev–Trinajstić information content (AvgIpc) is 2.84. The van der Waals surface area contributed by atoms with Crippen LogP contribution in [0, 0.1) is 13.8 Å². The van der Waals surface area contributed by atoms with Gasteiger partial charge in [0, 0.05) is 5.39 Å². The van der Waals surface area contributed by atoms with E-state index in [-0.39, 0.29) is 5.56 Å². The second-order valence-electron chi connectivity index (χ2n) is 5.44. The van der Waals surface area contributed by atoms with E-state index in [2.05, 4.69) is 5.10 Å². The molecular weight excluding hydrogens is 276 g/mol. The van der Waals surface area contributed by atoms with Gasteiger partial charge in [-0.3, -0.25) is 4.79 Å². The Morgan fingerprint density at radius 1 is 1.05 bits per heavy atom. The number of aryl methyl sites for hydroxylation is 1. The van der Waals surface area contributed by atoms with E-state index >= 15 is 0 Å². The van der Waals surface area contributed by atoms with Crippen LogP contribution in [0.4, 0.5) is 0 Å². The number of hydrogen-bond donors (Lipinski definition) is 0. The number of rotatable bonds is 1. The lowest BCUT2D eigenvalue weighted by Crippen LogP contribution is -2.15. The van der Waals surface area contributed by atoms with Crippen molar-refractivity contribution in [3.05, 3.63) is 70.0 Å². The van der Waals surface area contributed by atoms with Crippen molar-refractivity contribution in [2.75, 3.05) is 0 Å². The molecule has 2 heterocycles. The molecule has 0 amide bonds. The molecule has 4 rings (SSSR count). The molecule has 2 aromatic carbocycles. The van der Waals surface area contributed by atoms with E-state index in [1.807, 2.05) is 62.4 Å². The van der Waals surface area contributed by atoms with Crippen LogP contribution in [-0.2, 0) is 0 Å². The van der Waals surface area contributed by atoms with E-state index in [1.165, 1.54) is 4.68 Å². The summed E-state index contributed by atoms with van der Waals surface area (Å²) in [5.74, 6) is 0.365. The lowest BCUT2D eigenvalue weighted by atomic mass is 10.1. The zero-order chi connectivity index (χ0) is 15.3. The highest BCUT2D eigenvalue weighted by Crippen LogP contribution is 2.25. The second kappa shape index (κ2) is 4.56. The Balaban J connectivity index is 2.06. The van der Waals surface area contributed by atoms with Gasteiger partial charge in [-0.1, -0.05) is 30.3 Å². The summed E-state index contributed by atoms with van der Waals surface area (Å²) < 4.78 is 7.19. The van der Waals surface area contributed by atoms with Crippen LogP contribution in [0.15, 0.2) is 57.7 Å². The summed E-state index contributed by atoms with van der Waals surface area (Å²) in [7, 11) is 0. The van der Waals surface area contributed by atoms with Crippen LogP contribution in [0.1, 0.15) is 11.1 Å². The molecule has 0 saturated heterocycles. The maximum Gasteiger partial charge on any atom is 0.284 e. The molecule has 0 bridgehead atoms. The maximum atomic E-state index is 12.7. The normalized spacial score (nSPS) is 11.4. The molecular formula is C18H14N2O2. The molecule has 0 spiro atoms. The number of benzene rings is 2. The van der Waals surface area contributed by atoms with Gasteiger partial charge in [-0.05, 0) is 43.2 Å². The third kappa shape index (κ3) is 1.77. The summed E-state index contributed by atoms with van der Waals surface area (Å²) in [6.07, 6.45) is 0. The Labute approximate surface area is 127 Å². The standard InChI is InChI=1S/C18H14N2O2/c1-11-6-5-8-15(12(11)2)20-18(21)14-10-13-7-3-4-9-16(13)22-17(14)19-20/h3-10H,1-2H3. The predicted octanol–water partition coefficient (Wildman–Crippen LogP) is 3.70. The molecule has 4 heteroatoms. The number of aromatic nitrogens is 2. The highest BCUT2D eigenvalue weighted by molar-refractivity contribution is 5.81. The minimum Gasteiger partial charge on any atom is -0.436 e. The molecule has 22 heavy (non-hydrogen) atoms. The van der Waals surface area contributed by atoms with Crippen molar-refractivity contribution in [3.8, 4) is 17.1 Å². The summed E-state index contributed by atoms with van der Waals surface area (Å²) in [6.45, 7) is 4.01. The van der Waals surface area contributed by atoms with Crippen LogP contribution < -0.4 is 5.56 Å². The molecule has 0 aromatic heterocycles. The quantitative estimate of drug-likeness (QED) is 0.537. The molecule has 4 nitrogen and oxygen atoms in total. The Kier molecular flexibility index (Phi) is 2.66. The van der Waals surface area contributed by atoms with Crippen molar-refractivity contribution in [1.29, 1.82) is 0 Å². The molecule has 108 valence electrons. The predicted molar refractivity (Wildman–Crippen MR) is 85.7 cm³/mol. The fourth-order valence-electron chi connectivity index (χ4n) is 2.68. The van der Waals surface area contributed by atoms with Crippen LogP contribution in [-0.4, -0.2) is 9.78 Å². The van der Waals surface area contributed by atoms with Gasteiger partial charge in [0.2, 0.25) is 5.89 Å².